The summed E-state index contributed by atoms with van der Waals surface area (Å²) in [5.41, 5.74) is 5.15. The van der Waals surface area contributed by atoms with E-state index >= 15 is 0 Å². The van der Waals surface area contributed by atoms with Crippen LogP contribution in [0.15, 0.2) is 72.8 Å². The maximum Gasteiger partial charge on any atom is 0.244 e. The van der Waals surface area contributed by atoms with Crippen LogP contribution in [0.3, 0.4) is 0 Å². The number of hydrogen-bond acceptors (Lipinski definition) is 4. The average molecular weight is 550 g/mol. The largest absolute Gasteiger partial charge is 0.354 e. The fourth-order valence-electron chi connectivity index (χ4n) is 4.39. The van der Waals surface area contributed by atoms with Gasteiger partial charge in [0.1, 0.15) is 12.6 Å². The highest BCUT2D eigenvalue weighted by molar-refractivity contribution is 7.92. The van der Waals surface area contributed by atoms with Crippen LogP contribution < -0.4 is 9.62 Å². The molecule has 0 heterocycles. The number of benzene rings is 3. The van der Waals surface area contributed by atoms with E-state index in [0.29, 0.717) is 18.7 Å². The van der Waals surface area contributed by atoms with E-state index in [9.17, 15) is 18.0 Å². The van der Waals surface area contributed by atoms with E-state index in [1.54, 1.807) is 12.1 Å². The van der Waals surface area contributed by atoms with Crippen molar-refractivity contribution in [3.05, 3.63) is 101 Å². The third-order valence-electron chi connectivity index (χ3n) is 6.88. The van der Waals surface area contributed by atoms with Gasteiger partial charge in [-0.25, -0.2) is 8.42 Å². The second-order valence-corrected chi connectivity index (χ2v) is 11.9. The molecule has 208 valence electrons. The number of sulfonamides is 1. The Morgan fingerprint density at radius 2 is 1.54 bits per heavy atom. The van der Waals surface area contributed by atoms with Gasteiger partial charge in [0.05, 0.1) is 11.9 Å². The van der Waals surface area contributed by atoms with Crippen molar-refractivity contribution in [2.75, 3.05) is 23.7 Å². The topological polar surface area (TPSA) is 86.8 Å². The normalized spacial score (nSPS) is 12.0. The van der Waals surface area contributed by atoms with Crippen LogP contribution in [-0.4, -0.2) is 50.5 Å². The number of amides is 2. The van der Waals surface area contributed by atoms with Crippen molar-refractivity contribution in [3.63, 3.8) is 0 Å². The van der Waals surface area contributed by atoms with Crippen LogP contribution in [0, 0.1) is 20.8 Å². The fraction of sp³-hybridized carbons (Fsp3) is 0.355. The van der Waals surface area contributed by atoms with Gasteiger partial charge in [0, 0.05) is 19.5 Å². The summed E-state index contributed by atoms with van der Waals surface area (Å²) in [5, 5.41) is 2.95. The molecule has 0 saturated heterocycles. The van der Waals surface area contributed by atoms with Gasteiger partial charge in [-0.2, -0.15) is 0 Å². The van der Waals surface area contributed by atoms with Crippen LogP contribution in [0.5, 0.6) is 0 Å². The molecule has 0 radical (unpaired) electrons. The first kappa shape index (κ1) is 29.9. The number of anilines is 1. The van der Waals surface area contributed by atoms with E-state index in [-0.39, 0.29) is 12.5 Å². The lowest BCUT2D eigenvalue weighted by Gasteiger charge is -2.34. The average Bonchev–Trinajstić information content (AvgIpc) is 2.90. The number of carbonyl (C=O) groups is 2. The van der Waals surface area contributed by atoms with Gasteiger partial charge in [-0.05, 0) is 67.1 Å². The Hall–Kier alpha value is -3.65. The van der Waals surface area contributed by atoms with Gasteiger partial charge in [0.15, 0.2) is 0 Å². The van der Waals surface area contributed by atoms with Gasteiger partial charge in [-0.3, -0.25) is 13.9 Å². The predicted octanol–water partition coefficient (Wildman–Crippen LogP) is 4.54. The van der Waals surface area contributed by atoms with Crippen molar-refractivity contribution in [1.29, 1.82) is 0 Å². The predicted molar refractivity (Wildman–Crippen MR) is 157 cm³/mol. The molecule has 0 aromatic heterocycles. The summed E-state index contributed by atoms with van der Waals surface area (Å²) in [4.78, 5) is 29.1. The van der Waals surface area contributed by atoms with Gasteiger partial charge in [-0.15, -0.1) is 0 Å². The fourth-order valence-corrected chi connectivity index (χ4v) is 5.23. The van der Waals surface area contributed by atoms with E-state index in [1.165, 1.54) is 4.90 Å². The summed E-state index contributed by atoms with van der Waals surface area (Å²) < 4.78 is 26.9. The van der Waals surface area contributed by atoms with Crippen molar-refractivity contribution in [1.82, 2.24) is 10.2 Å². The van der Waals surface area contributed by atoms with E-state index in [4.69, 9.17) is 0 Å². The second-order valence-electron chi connectivity index (χ2n) is 9.98. The molecular formula is C31H39N3O4S. The Bertz CT molecular complexity index is 1390. The quantitative estimate of drug-likeness (QED) is 0.359. The van der Waals surface area contributed by atoms with Crippen molar-refractivity contribution in [3.8, 4) is 0 Å². The maximum absolute atomic E-state index is 14.1. The van der Waals surface area contributed by atoms with Crippen LogP contribution in [0.4, 0.5) is 5.69 Å². The molecule has 0 unspecified atom stereocenters. The molecule has 3 aromatic carbocycles. The Morgan fingerprint density at radius 1 is 0.872 bits per heavy atom. The number of carbonyl (C=O) groups excluding carboxylic acids is 2. The van der Waals surface area contributed by atoms with Crippen LogP contribution >= 0.6 is 0 Å². The van der Waals surface area contributed by atoms with E-state index in [2.05, 4.69) is 5.32 Å². The summed E-state index contributed by atoms with van der Waals surface area (Å²) in [6.07, 6.45) is 2.15. The molecule has 0 bridgehead atoms. The molecule has 3 aromatic rings. The minimum atomic E-state index is -3.79. The Labute approximate surface area is 232 Å². The number of hydrogen-bond donors (Lipinski definition) is 1. The smallest absolute Gasteiger partial charge is 0.244 e. The first-order chi connectivity index (χ1) is 18.5. The van der Waals surface area contributed by atoms with Crippen molar-refractivity contribution >= 4 is 27.5 Å². The zero-order valence-electron chi connectivity index (χ0n) is 23.5. The molecule has 7 nitrogen and oxygen atoms in total. The van der Waals surface area contributed by atoms with Crippen molar-refractivity contribution in [2.24, 2.45) is 0 Å². The zero-order valence-corrected chi connectivity index (χ0v) is 24.3. The molecule has 0 aliphatic carbocycles. The summed E-state index contributed by atoms with van der Waals surface area (Å²) in [7, 11) is -3.79. The molecule has 0 saturated carbocycles. The Kier molecular flexibility index (Phi) is 10.3. The lowest BCUT2D eigenvalue weighted by molar-refractivity contribution is -0.140. The van der Waals surface area contributed by atoms with Crippen LogP contribution in [0.2, 0.25) is 0 Å². The van der Waals surface area contributed by atoms with E-state index in [1.807, 2.05) is 88.4 Å². The highest BCUT2D eigenvalue weighted by atomic mass is 32.2. The number of nitrogens with zero attached hydrogens (tertiary/aromatic N) is 2. The molecule has 8 heteroatoms. The van der Waals surface area contributed by atoms with Crippen LogP contribution in [0.25, 0.3) is 0 Å². The standard InChI is InChI=1S/C31H39N3O4S/c1-6-18-32-31(36)29(20-26-13-8-7-9-14-26)33(21-27-15-11-10-12-24(27)3)30(35)22-34(39(5,37)38)28-17-16-23(2)25(4)19-28/h7-17,19,29H,6,18,20-22H2,1-5H3,(H,32,36)/t29-/m0/s1. The van der Waals surface area contributed by atoms with Crippen molar-refractivity contribution in [2.45, 2.75) is 53.1 Å². The summed E-state index contributed by atoms with van der Waals surface area (Å²) in [6.45, 7) is 8.01. The molecule has 1 N–H and O–H groups in total. The maximum atomic E-state index is 14.1. The third-order valence-corrected chi connectivity index (χ3v) is 8.02. The number of aryl methyl sites for hydroxylation is 3. The molecular weight excluding hydrogens is 510 g/mol. The number of rotatable bonds is 12. The summed E-state index contributed by atoms with van der Waals surface area (Å²) >= 11 is 0. The SMILES string of the molecule is CCCNC(=O)[C@H](Cc1ccccc1)N(Cc1ccccc1C)C(=O)CN(c1ccc(C)c(C)c1)S(C)(=O)=O. The molecule has 2 amide bonds. The van der Waals surface area contributed by atoms with Gasteiger partial charge >= 0.3 is 0 Å². The van der Waals surface area contributed by atoms with E-state index in [0.717, 1.165) is 44.8 Å². The first-order valence-corrected chi connectivity index (χ1v) is 15.1. The Balaban J connectivity index is 2.06. The molecule has 1 atom stereocenters. The van der Waals surface area contributed by atoms with Gasteiger partial charge < -0.3 is 10.2 Å². The molecule has 0 spiro atoms. The minimum absolute atomic E-state index is 0.174. The minimum Gasteiger partial charge on any atom is -0.354 e. The van der Waals surface area contributed by atoms with Gasteiger partial charge in [0.2, 0.25) is 21.8 Å². The zero-order chi connectivity index (χ0) is 28.6. The van der Waals surface area contributed by atoms with Crippen molar-refractivity contribution < 1.29 is 18.0 Å². The molecule has 39 heavy (non-hydrogen) atoms. The summed E-state index contributed by atoms with van der Waals surface area (Å²) in [5.74, 6) is -0.714. The number of nitrogens with one attached hydrogen (secondary N) is 1. The third kappa shape index (κ3) is 8.17. The van der Waals surface area contributed by atoms with Gasteiger partial charge in [-0.1, -0.05) is 67.6 Å². The van der Waals surface area contributed by atoms with Crippen LogP contribution in [0.1, 0.15) is 41.2 Å². The van der Waals surface area contributed by atoms with Crippen LogP contribution in [-0.2, 0) is 32.6 Å². The molecule has 3 rings (SSSR count). The Morgan fingerprint density at radius 3 is 2.15 bits per heavy atom. The highest BCUT2D eigenvalue weighted by Crippen LogP contribution is 2.23. The first-order valence-electron chi connectivity index (χ1n) is 13.2. The molecule has 0 aliphatic heterocycles. The molecule has 0 aliphatic rings. The van der Waals surface area contributed by atoms with Gasteiger partial charge in [0.25, 0.3) is 0 Å². The summed E-state index contributed by atoms with van der Waals surface area (Å²) in [6, 6.07) is 21.7. The molecule has 0 fully saturated rings. The highest BCUT2D eigenvalue weighted by Gasteiger charge is 2.33. The lowest BCUT2D eigenvalue weighted by Crippen LogP contribution is -2.53. The lowest BCUT2D eigenvalue weighted by atomic mass is 10.0. The van der Waals surface area contributed by atoms with E-state index < -0.39 is 28.5 Å². The second kappa shape index (κ2) is 13.4. The monoisotopic (exact) mass is 549 g/mol.